The van der Waals surface area contributed by atoms with E-state index in [0.29, 0.717) is 30.5 Å². The van der Waals surface area contributed by atoms with Gasteiger partial charge in [0.2, 0.25) is 0 Å². The third-order valence-electron chi connectivity index (χ3n) is 13.2. The van der Waals surface area contributed by atoms with Gasteiger partial charge in [-0.05, 0) is 93.8 Å². The maximum absolute atomic E-state index is 12.9. The fraction of sp³-hybridized carbons (Fsp3) is 0.967. The van der Waals surface area contributed by atoms with Crippen LogP contribution in [0.2, 0.25) is 0 Å². The summed E-state index contributed by atoms with van der Waals surface area (Å²) in [7, 11) is 0. The molecule has 5 nitrogen and oxygen atoms in total. The normalized spacial score (nSPS) is 50.9. The third kappa shape index (κ3) is 2.99. The first-order valence-electron chi connectivity index (χ1n) is 14.2. The van der Waals surface area contributed by atoms with Gasteiger partial charge >= 0.3 is 0 Å². The summed E-state index contributed by atoms with van der Waals surface area (Å²) in [5.74, 6) is 1.60. The van der Waals surface area contributed by atoms with Gasteiger partial charge in [0.1, 0.15) is 23.1 Å². The smallest absolute Gasteiger partial charge is 0.138 e. The highest BCUT2D eigenvalue weighted by atomic mass is 16.6. The minimum Gasteiger partial charge on any atom is -0.390 e. The summed E-state index contributed by atoms with van der Waals surface area (Å²) in [5, 5.41) is 31.4. The molecule has 0 aromatic heterocycles. The molecule has 1 saturated heterocycles. The zero-order valence-electron chi connectivity index (χ0n) is 23.4. The Hall–Kier alpha value is -0.490. The number of hydrogen-bond donors (Lipinski definition) is 3. The quantitative estimate of drug-likeness (QED) is 0.470. The summed E-state index contributed by atoms with van der Waals surface area (Å²) >= 11 is 0. The van der Waals surface area contributed by atoms with Crippen LogP contribution in [0.4, 0.5) is 0 Å². The molecule has 35 heavy (non-hydrogen) atoms. The van der Waals surface area contributed by atoms with Crippen LogP contribution >= 0.6 is 0 Å². The van der Waals surface area contributed by atoms with Gasteiger partial charge in [0.25, 0.3) is 0 Å². The molecule has 10 unspecified atom stereocenters. The van der Waals surface area contributed by atoms with E-state index in [-0.39, 0.29) is 38.8 Å². The maximum Gasteiger partial charge on any atom is 0.138 e. The van der Waals surface area contributed by atoms with Gasteiger partial charge < -0.3 is 20.1 Å². The van der Waals surface area contributed by atoms with Crippen LogP contribution in [0.15, 0.2) is 0 Å². The van der Waals surface area contributed by atoms with Crippen LogP contribution in [-0.4, -0.2) is 50.1 Å². The number of Topliss-reactive ketones (excluding diaryl/α,β-unsaturated/α-hetero) is 1. The molecule has 0 amide bonds. The van der Waals surface area contributed by atoms with E-state index in [2.05, 4.69) is 41.5 Å². The van der Waals surface area contributed by atoms with Crippen LogP contribution < -0.4 is 0 Å². The van der Waals surface area contributed by atoms with Gasteiger partial charge in [-0.2, -0.15) is 0 Å². The van der Waals surface area contributed by atoms with Gasteiger partial charge in [-0.15, -0.1) is 0 Å². The summed E-state index contributed by atoms with van der Waals surface area (Å²) < 4.78 is 6.89. The van der Waals surface area contributed by atoms with Crippen LogP contribution in [-0.2, 0) is 9.53 Å². The number of fused-ring (bicyclic) bond motifs is 4. The highest BCUT2D eigenvalue weighted by Crippen LogP contribution is 2.84. The highest BCUT2D eigenvalue weighted by molar-refractivity contribution is 5.85. The number of aliphatic hydroxyl groups is 3. The second kappa shape index (κ2) is 7.33. The monoisotopic (exact) mass is 490 g/mol. The second-order valence-electron chi connectivity index (χ2n) is 15.2. The first-order chi connectivity index (χ1) is 15.9. The third-order valence-corrected chi connectivity index (χ3v) is 13.2. The van der Waals surface area contributed by atoms with Gasteiger partial charge in [-0.3, -0.25) is 4.79 Å². The van der Waals surface area contributed by atoms with E-state index < -0.39 is 17.8 Å². The molecule has 1 spiro atoms. The summed E-state index contributed by atoms with van der Waals surface area (Å²) in [6.45, 7) is 17.2. The highest BCUT2D eigenvalue weighted by Gasteiger charge is 2.87. The van der Waals surface area contributed by atoms with Gasteiger partial charge in [0.15, 0.2) is 0 Å². The molecule has 0 aromatic carbocycles. The fourth-order valence-electron chi connectivity index (χ4n) is 10.9. The Morgan fingerprint density at radius 2 is 1.60 bits per heavy atom. The Morgan fingerprint density at radius 1 is 0.971 bits per heavy atom. The summed E-state index contributed by atoms with van der Waals surface area (Å²) in [5.41, 5.74) is -1.55. The molecule has 0 bridgehead atoms. The Labute approximate surface area is 212 Å². The van der Waals surface area contributed by atoms with E-state index in [1.165, 1.54) is 0 Å². The van der Waals surface area contributed by atoms with Crippen molar-refractivity contribution in [2.75, 3.05) is 0 Å². The minimum absolute atomic E-state index is 0.0660. The molecule has 5 fully saturated rings. The molecule has 1 heterocycles. The molecular formula is C30H50O5. The van der Waals surface area contributed by atoms with E-state index in [4.69, 9.17) is 4.74 Å². The van der Waals surface area contributed by atoms with E-state index in [1.807, 2.05) is 0 Å². The predicted octanol–water partition coefficient (Wildman–Crippen LogP) is 5.03. The van der Waals surface area contributed by atoms with Crippen LogP contribution in [0.1, 0.15) is 113 Å². The Bertz CT molecular complexity index is 907. The van der Waals surface area contributed by atoms with Crippen molar-refractivity contribution in [3.63, 3.8) is 0 Å². The average molecular weight is 491 g/mol. The minimum atomic E-state index is -1.34. The number of aliphatic hydroxyl groups excluding tert-OH is 2. The lowest BCUT2D eigenvalue weighted by molar-refractivity contribution is -0.208. The van der Waals surface area contributed by atoms with Crippen molar-refractivity contribution in [1.29, 1.82) is 0 Å². The molecule has 10 atom stereocenters. The number of ketones is 1. The fourth-order valence-corrected chi connectivity index (χ4v) is 10.9. The first kappa shape index (κ1) is 26.1. The van der Waals surface area contributed by atoms with Crippen LogP contribution in [0.3, 0.4) is 0 Å². The van der Waals surface area contributed by atoms with Crippen LogP contribution in [0, 0.1) is 39.4 Å². The largest absolute Gasteiger partial charge is 0.390 e. The SMILES string of the molecule is CC(CC(O)C(O)C(C)(C)O)C12CCC3(C)C4(C)CCC5C(C)(C)C(=O)CCC5(C)C4CCC13O2. The average Bonchev–Trinajstić information content (AvgIpc) is 3.34. The Morgan fingerprint density at radius 3 is 2.23 bits per heavy atom. The summed E-state index contributed by atoms with van der Waals surface area (Å²) in [6.07, 6.45) is 6.62. The van der Waals surface area contributed by atoms with E-state index >= 15 is 0 Å². The molecule has 200 valence electrons. The zero-order valence-corrected chi connectivity index (χ0v) is 23.4. The molecule has 3 N–H and O–H groups in total. The number of carbonyl (C=O) groups is 1. The molecule has 4 saturated carbocycles. The molecular weight excluding hydrogens is 440 g/mol. The van der Waals surface area contributed by atoms with Crippen LogP contribution in [0.5, 0.6) is 0 Å². The molecule has 1 aliphatic heterocycles. The molecule has 0 aromatic rings. The predicted molar refractivity (Wildman–Crippen MR) is 136 cm³/mol. The van der Waals surface area contributed by atoms with Gasteiger partial charge in [-0.25, -0.2) is 0 Å². The lowest BCUT2D eigenvalue weighted by atomic mass is 9.35. The number of carbonyl (C=O) groups excluding carboxylic acids is 1. The topological polar surface area (TPSA) is 90.3 Å². The van der Waals surface area contributed by atoms with E-state index in [9.17, 15) is 20.1 Å². The number of rotatable bonds is 5. The molecule has 0 radical (unpaired) electrons. The van der Waals surface area contributed by atoms with Crippen LogP contribution in [0.25, 0.3) is 0 Å². The molecule has 4 aliphatic carbocycles. The van der Waals surface area contributed by atoms with E-state index in [1.54, 1.807) is 13.8 Å². The summed E-state index contributed by atoms with van der Waals surface area (Å²) in [4.78, 5) is 12.9. The Balaban J connectivity index is 1.43. The number of hydrogen-bond acceptors (Lipinski definition) is 5. The lowest BCUT2D eigenvalue weighted by Gasteiger charge is -2.68. The zero-order chi connectivity index (χ0) is 26.0. The summed E-state index contributed by atoms with van der Waals surface area (Å²) in [6, 6.07) is 0. The maximum atomic E-state index is 12.9. The number of ether oxygens (including phenoxy) is 1. The van der Waals surface area contributed by atoms with Gasteiger partial charge in [0.05, 0.1) is 11.7 Å². The van der Waals surface area contributed by atoms with Crippen molar-refractivity contribution in [2.24, 2.45) is 39.4 Å². The molecule has 5 heteroatoms. The van der Waals surface area contributed by atoms with E-state index in [0.717, 1.165) is 44.9 Å². The number of epoxide rings is 1. The van der Waals surface area contributed by atoms with Crippen molar-refractivity contribution < 1.29 is 24.9 Å². The first-order valence-corrected chi connectivity index (χ1v) is 14.2. The lowest BCUT2D eigenvalue weighted by Crippen LogP contribution is -2.65. The standard InChI is InChI=1S/C30H50O5/c1-18(17-19(31)23(33)25(4,5)34)29-16-15-28(8)27(7)13-9-20-24(2,3)22(32)11-12-26(20,6)21(27)10-14-30(28,29)35-29/h18-21,23,31,33-34H,9-17H2,1-8H3. The second-order valence-corrected chi connectivity index (χ2v) is 15.2. The van der Waals surface area contributed by atoms with Gasteiger partial charge in [0, 0.05) is 17.3 Å². The molecule has 5 rings (SSSR count). The van der Waals surface area contributed by atoms with Crippen molar-refractivity contribution in [3.05, 3.63) is 0 Å². The van der Waals surface area contributed by atoms with Crippen molar-refractivity contribution >= 4 is 5.78 Å². The van der Waals surface area contributed by atoms with Crippen molar-refractivity contribution in [3.8, 4) is 0 Å². The van der Waals surface area contributed by atoms with Gasteiger partial charge in [-0.1, -0.05) is 41.5 Å². The van der Waals surface area contributed by atoms with Crippen molar-refractivity contribution in [1.82, 2.24) is 0 Å². The van der Waals surface area contributed by atoms with Crippen molar-refractivity contribution in [2.45, 2.75) is 142 Å². The Kier molecular flexibility index (Phi) is 5.47. The molecule has 5 aliphatic rings.